The lowest BCUT2D eigenvalue weighted by molar-refractivity contribution is -0.120. The van der Waals surface area contributed by atoms with Crippen LogP contribution in [0.5, 0.6) is 11.5 Å². The second-order valence-corrected chi connectivity index (χ2v) is 7.64. The number of rotatable bonds is 5. The van der Waals surface area contributed by atoms with Gasteiger partial charge in [-0.05, 0) is 55.7 Å². The number of anilines is 1. The third kappa shape index (κ3) is 3.79. The summed E-state index contributed by atoms with van der Waals surface area (Å²) in [6, 6.07) is 9.72. The minimum Gasteiger partial charge on any atom is -0.493 e. The largest absolute Gasteiger partial charge is 0.493 e. The molecule has 1 amide bonds. The van der Waals surface area contributed by atoms with Crippen molar-refractivity contribution in [1.29, 1.82) is 0 Å². The summed E-state index contributed by atoms with van der Waals surface area (Å²) in [5.74, 6) is 2.13. The second-order valence-electron chi connectivity index (χ2n) is 7.64. The molecule has 0 saturated heterocycles. The fourth-order valence-electron chi connectivity index (χ4n) is 4.03. The molecular weight excluding hydrogens is 366 g/mol. The van der Waals surface area contributed by atoms with Gasteiger partial charge < -0.3 is 14.8 Å². The topological polar surface area (TPSA) is 64.9 Å². The van der Waals surface area contributed by atoms with Crippen molar-refractivity contribution >= 4 is 17.4 Å². The van der Waals surface area contributed by atoms with E-state index in [9.17, 15) is 4.79 Å². The molecule has 0 spiro atoms. The number of nitrogens with zero attached hydrogens (tertiary/aromatic N) is 2. The van der Waals surface area contributed by atoms with E-state index in [1.54, 1.807) is 14.2 Å². The average molecular weight is 393 g/mol. The molecule has 6 nitrogen and oxygen atoms in total. The molecule has 1 N–H and O–H groups in total. The molecule has 0 bridgehead atoms. The van der Waals surface area contributed by atoms with Crippen molar-refractivity contribution in [3.8, 4) is 22.8 Å². The molecule has 1 saturated carbocycles. The van der Waals surface area contributed by atoms with E-state index in [1.165, 1.54) is 6.42 Å². The highest BCUT2D eigenvalue weighted by atomic mass is 16.5. The van der Waals surface area contributed by atoms with E-state index in [1.807, 2.05) is 47.9 Å². The van der Waals surface area contributed by atoms with Gasteiger partial charge in [0.15, 0.2) is 11.5 Å². The monoisotopic (exact) mass is 393 g/mol. The van der Waals surface area contributed by atoms with Gasteiger partial charge in [0.1, 0.15) is 17.2 Å². The van der Waals surface area contributed by atoms with E-state index in [2.05, 4.69) is 5.32 Å². The summed E-state index contributed by atoms with van der Waals surface area (Å²) in [6.45, 7) is 2.03. The van der Waals surface area contributed by atoms with Crippen LogP contribution in [0.2, 0.25) is 0 Å². The molecule has 0 aliphatic heterocycles. The van der Waals surface area contributed by atoms with Crippen molar-refractivity contribution in [3.63, 3.8) is 0 Å². The van der Waals surface area contributed by atoms with E-state index >= 15 is 0 Å². The fraction of sp³-hybridized carbons (Fsp3) is 0.391. The zero-order valence-corrected chi connectivity index (χ0v) is 17.2. The Morgan fingerprint density at radius 3 is 2.55 bits per heavy atom. The van der Waals surface area contributed by atoms with Gasteiger partial charge in [-0.15, -0.1) is 0 Å². The van der Waals surface area contributed by atoms with Gasteiger partial charge in [0.2, 0.25) is 5.91 Å². The number of ether oxygens (including phenoxy) is 2. The number of imidazole rings is 1. The summed E-state index contributed by atoms with van der Waals surface area (Å²) in [6.07, 6.45) is 7.31. The van der Waals surface area contributed by atoms with Gasteiger partial charge in [0.25, 0.3) is 0 Å². The van der Waals surface area contributed by atoms with E-state index in [0.717, 1.165) is 48.2 Å². The van der Waals surface area contributed by atoms with Gasteiger partial charge in [0.05, 0.1) is 14.2 Å². The van der Waals surface area contributed by atoms with Gasteiger partial charge in [-0.2, -0.15) is 0 Å². The maximum absolute atomic E-state index is 13.0. The lowest BCUT2D eigenvalue weighted by Crippen LogP contribution is -2.25. The Kier molecular flexibility index (Phi) is 5.43. The molecular formula is C23H27N3O3. The highest BCUT2D eigenvalue weighted by molar-refractivity contribution is 5.96. The fourth-order valence-corrected chi connectivity index (χ4v) is 4.03. The molecule has 1 aromatic carbocycles. The molecule has 6 heteroatoms. The number of hydrogen-bond donors (Lipinski definition) is 1. The average Bonchev–Trinajstić information content (AvgIpc) is 3.11. The van der Waals surface area contributed by atoms with Crippen LogP contribution in [0.4, 0.5) is 5.82 Å². The third-order valence-corrected chi connectivity index (χ3v) is 5.66. The SMILES string of the molecule is COc1ccc(-c2nc3cc(C)ccn3c2NC(=O)C2CCCCC2)cc1OC. The Labute approximate surface area is 170 Å². The normalized spacial score (nSPS) is 14.7. The van der Waals surface area contributed by atoms with Crippen LogP contribution in [-0.2, 0) is 4.79 Å². The Morgan fingerprint density at radius 1 is 1.07 bits per heavy atom. The molecule has 4 rings (SSSR count). The first-order chi connectivity index (χ1) is 14.1. The van der Waals surface area contributed by atoms with Gasteiger partial charge in [-0.3, -0.25) is 9.20 Å². The lowest BCUT2D eigenvalue weighted by atomic mass is 9.88. The van der Waals surface area contributed by atoms with Crippen LogP contribution < -0.4 is 14.8 Å². The summed E-state index contributed by atoms with van der Waals surface area (Å²) in [5.41, 5.74) is 3.50. The van der Waals surface area contributed by atoms with Gasteiger partial charge >= 0.3 is 0 Å². The van der Waals surface area contributed by atoms with Crippen LogP contribution in [0.1, 0.15) is 37.7 Å². The first-order valence-electron chi connectivity index (χ1n) is 10.1. The van der Waals surface area contributed by atoms with Gasteiger partial charge in [-0.25, -0.2) is 4.98 Å². The summed E-state index contributed by atoms with van der Waals surface area (Å²) in [4.78, 5) is 17.8. The molecule has 1 fully saturated rings. The van der Waals surface area contributed by atoms with Gasteiger partial charge in [-0.1, -0.05) is 19.3 Å². The lowest BCUT2D eigenvalue weighted by Gasteiger charge is -2.21. The Hall–Kier alpha value is -3.02. The van der Waals surface area contributed by atoms with Crippen molar-refractivity contribution in [2.45, 2.75) is 39.0 Å². The number of hydrogen-bond acceptors (Lipinski definition) is 4. The molecule has 3 aromatic rings. The van der Waals surface area contributed by atoms with Crippen molar-refractivity contribution in [1.82, 2.24) is 9.38 Å². The number of methoxy groups -OCH3 is 2. The molecule has 1 aliphatic carbocycles. The number of benzene rings is 1. The highest BCUT2D eigenvalue weighted by Crippen LogP contribution is 2.36. The number of amides is 1. The second kappa shape index (κ2) is 8.15. The van der Waals surface area contributed by atoms with Crippen molar-refractivity contribution in [2.24, 2.45) is 5.92 Å². The van der Waals surface area contributed by atoms with E-state index in [4.69, 9.17) is 14.5 Å². The van der Waals surface area contributed by atoms with E-state index in [-0.39, 0.29) is 11.8 Å². The third-order valence-electron chi connectivity index (χ3n) is 5.66. The summed E-state index contributed by atoms with van der Waals surface area (Å²) in [7, 11) is 3.22. The Bertz CT molecular complexity index is 1040. The van der Waals surface area contributed by atoms with Crippen LogP contribution in [0.3, 0.4) is 0 Å². The van der Waals surface area contributed by atoms with Crippen molar-refractivity contribution in [3.05, 3.63) is 42.1 Å². The Morgan fingerprint density at radius 2 is 1.83 bits per heavy atom. The van der Waals surface area contributed by atoms with E-state index in [0.29, 0.717) is 17.3 Å². The van der Waals surface area contributed by atoms with Crippen LogP contribution in [0, 0.1) is 12.8 Å². The summed E-state index contributed by atoms with van der Waals surface area (Å²) >= 11 is 0. The predicted molar refractivity (Wildman–Crippen MR) is 114 cm³/mol. The first kappa shape index (κ1) is 19.3. The number of fused-ring (bicyclic) bond motifs is 1. The van der Waals surface area contributed by atoms with Crippen molar-refractivity contribution in [2.75, 3.05) is 19.5 Å². The first-order valence-corrected chi connectivity index (χ1v) is 10.1. The maximum atomic E-state index is 13.0. The molecule has 1 aliphatic rings. The van der Waals surface area contributed by atoms with E-state index < -0.39 is 0 Å². The molecule has 2 heterocycles. The van der Waals surface area contributed by atoms with Crippen LogP contribution in [0.15, 0.2) is 36.5 Å². The minimum absolute atomic E-state index is 0.0676. The zero-order valence-electron chi connectivity index (χ0n) is 17.2. The number of pyridine rings is 1. The highest BCUT2D eigenvalue weighted by Gasteiger charge is 2.24. The number of aromatic nitrogens is 2. The molecule has 29 heavy (non-hydrogen) atoms. The van der Waals surface area contributed by atoms with Crippen LogP contribution in [0.25, 0.3) is 16.9 Å². The number of aryl methyl sites for hydroxylation is 1. The van der Waals surface area contributed by atoms with Gasteiger partial charge in [0, 0.05) is 17.7 Å². The quantitative estimate of drug-likeness (QED) is 0.673. The minimum atomic E-state index is 0.0676. The maximum Gasteiger partial charge on any atom is 0.228 e. The number of carbonyl (C=O) groups is 1. The molecule has 152 valence electrons. The van der Waals surface area contributed by atoms with Crippen molar-refractivity contribution < 1.29 is 14.3 Å². The van der Waals surface area contributed by atoms with Crippen LogP contribution in [-0.4, -0.2) is 29.5 Å². The molecule has 0 radical (unpaired) electrons. The summed E-state index contributed by atoms with van der Waals surface area (Å²) < 4.78 is 12.8. The number of nitrogens with one attached hydrogen (secondary N) is 1. The molecule has 0 atom stereocenters. The number of carbonyl (C=O) groups excluding carboxylic acids is 1. The standard InChI is InChI=1S/C23H27N3O3/c1-15-11-12-26-20(13-15)24-21(17-9-10-18(28-2)19(14-17)29-3)22(26)25-23(27)16-7-5-4-6-8-16/h9-14,16H,4-8H2,1-3H3,(H,25,27). The predicted octanol–water partition coefficient (Wildman–Crippen LogP) is 4.85. The summed E-state index contributed by atoms with van der Waals surface area (Å²) in [5, 5.41) is 3.18. The Balaban J connectivity index is 1.78. The molecule has 0 unspecified atom stereocenters. The smallest absolute Gasteiger partial charge is 0.228 e. The zero-order chi connectivity index (χ0) is 20.4. The molecule has 2 aromatic heterocycles. The van der Waals surface area contributed by atoms with Crippen LogP contribution >= 0.6 is 0 Å².